The zero-order valence-electron chi connectivity index (χ0n) is 11.4. The number of imidazole rings is 1. The molecule has 0 saturated heterocycles. The van der Waals surface area contributed by atoms with Crippen molar-refractivity contribution in [2.45, 2.75) is 30.8 Å². The van der Waals surface area contributed by atoms with E-state index in [9.17, 15) is 0 Å². The number of benzene rings is 1. The van der Waals surface area contributed by atoms with Crippen molar-refractivity contribution in [3.8, 4) is 0 Å². The highest BCUT2D eigenvalue weighted by atomic mass is 32.2. The average Bonchev–Trinajstić information content (AvgIpc) is 2.98. The van der Waals surface area contributed by atoms with Crippen LogP contribution in [-0.2, 0) is 13.1 Å². The molecule has 0 radical (unpaired) electrons. The number of nitrogens with zero attached hydrogens (tertiary/aromatic N) is 2. The number of aromatic nitrogens is 2. The Morgan fingerprint density at radius 1 is 1.42 bits per heavy atom. The van der Waals surface area contributed by atoms with E-state index in [0.29, 0.717) is 5.92 Å². The van der Waals surface area contributed by atoms with Crippen LogP contribution in [0.1, 0.15) is 23.0 Å². The standard InChI is InChI=1S/C15H19N3S/c1-11-17-8-13(7-16-2)18(11)9-12-10-19-15-6-4-3-5-14(12)15/h3-6,8,12,16H,7,9-10H2,1-2H3. The Hall–Kier alpha value is -1.26. The minimum atomic E-state index is 0.602. The Morgan fingerprint density at radius 3 is 3.11 bits per heavy atom. The summed E-state index contributed by atoms with van der Waals surface area (Å²) in [5.41, 5.74) is 2.77. The Balaban J connectivity index is 1.85. The number of rotatable bonds is 4. The number of aryl methyl sites for hydroxylation is 1. The van der Waals surface area contributed by atoms with E-state index in [-0.39, 0.29) is 0 Å². The second kappa shape index (κ2) is 5.39. The van der Waals surface area contributed by atoms with Crippen LogP contribution in [0.15, 0.2) is 35.4 Å². The molecule has 1 unspecified atom stereocenters. The van der Waals surface area contributed by atoms with Crippen LogP contribution in [0.2, 0.25) is 0 Å². The molecule has 0 spiro atoms. The Bertz CT molecular complexity index is 577. The molecule has 2 aromatic rings. The molecule has 1 aliphatic heterocycles. The molecule has 100 valence electrons. The van der Waals surface area contributed by atoms with Crippen LogP contribution >= 0.6 is 11.8 Å². The fourth-order valence-corrected chi connectivity index (χ4v) is 3.93. The van der Waals surface area contributed by atoms with Gasteiger partial charge >= 0.3 is 0 Å². The van der Waals surface area contributed by atoms with E-state index in [0.717, 1.165) is 18.9 Å². The molecule has 1 aromatic heterocycles. The van der Waals surface area contributed by atoms with Crippen LogP contribution in [0.25, 0.3) is 0 Å². The predicted molar refractivity (Wildman–Crippen MR) is 79.6 cm³/mol. The van der Waals surface area contributed by atoms with E-state index in [1.807, 2.05) is 25.0 Å². The van der Waals surface area contributed by atoms with Crippen molar-refractivity contribution in [1.29, 1.82) is 0 Å². The number of hydrogen-bond donors (Lipinski definition) is 1. The van der Waals surface area contributed by atoms with E-state index in [1.54, 1.807) is 0 Å². The van der Waals surface area contributed by atoms with E-state index < -0.39 is 0 Å². The van der Waals surface area contributed by atoms with Crippen molar-refractivity contribution in [3.05, 3.63) is 47.5 Å². The van der Waals surface area contributed by atoms with Gasteiger partial charge < -0.3 is 9.88 Å². The Labute approximate surface area is 118 Å². The van der Waals surface area contributed by atoms with Gasteiger partial charge in [-0.1, -0.05) is 18.2 Å². The third-order valence-corrected chi connectivity index (χ3v) is 4.95. The zero-order chi connectivity index (χ0) is 13.2. The third kappa shape index (κ3) is 2.42. The zero-order valence-corrected chi connectivity index (χ0v) is 12.2. The van der Waals surface area contributed by atoms with E-state index in [4.69, 9.17) is 0 Å². The van der Waals surface area contributed by atoms with Crippen molar-refractivity contribution >= 4 is 11.8 Å². The fourth-order valence-electron chi connectivity index (χ4n) is 2.69. The number of thioether (sulfide) groups is 1. The number of fused-ring (bicyclic) bond motifs is 1. The summed E-state index contributed by atoms with van der Waals surface area (Å²) >= 11 is 1.97. The van der Waals surface area contributed by atoms with Gasteiger partial charge in [0.1, 0.15) is 5.82 Å². The topological polar surface area (TPSA) is 29.9 Å². The lowest BCUT2D eigenvalue weighted by Gasteiger charge is -2.16. The molecule has 19 heavy (non-hydrogen) atoms. The largest absolute Gasteiger partial charge is 0.330 e. The summed E-state index contributed by atoms with van der Waals surface area (Å²) in [5, 5.41) is 3.22. The molecular formula is C15H19N3S. The molecule has 2 heterocycles. The van der Waals surface area contributed by atoms with Crippen LogP contribution in [0, 0.1) is 6.92 Å². The number of nitrogens with one attached hydrogen (secondary N) is 1. The molecule has 3 rings (SSSR count). The normalized spacial score (nSPS) is 17.7. The third-order valence-electron chi connectivity index (χ3n) is 3.70. The van der Waals surface area contributed by atoms with Crippen LogP contribution in [0.4, 0.5) is 0 Å². The second-order valence-corrected chi connectivity index (χ2v) is 6.05. The molecule has 1 atom stereocenters. The molecule has 4 heteroatoms. The lowest BCUT2D eigenvalue weighted by Crippen LogP contribution is -2.16. The lowest BCUT2D eigenvalue weighted by molar-refractivity contribution is 0.562. The van der Waals surface area contributed by atoms with E-state index in [1.165, 1.54) is 21.9 Å². The van der Waals surface area contributed by atoms with E-state index in [2.05, 4.69) is 46.1 Å². The maximum atomic E-state index is 4.45. The van der Waals surface area contributed by atoms with Gasteiger partial charge in [-0.05, 0) is 25.6 Å². The molecule has 1 aromatic carbocycles. The first-order chi connectivity index (χ1) is 9.29. The van der Waals surface area contributed by atoms with Gasteiger partial charge in [-0.2, -0.15) is 0 Å². The molecular weight excluding hydrogens is 254 g/mol. The molecule has 0 amide bonds. The summed E-state index contributed by atoms with van der Waals surface area (Å²) in [4.78, 5) is 5.89. The molecule has 3 nitrogen and oxygen atoms in total. The predicted octanol–water partition coefficient (Wildman–Crippen LogP) is 2.80. The van der Waals surface area contributed by atoms with Gasteiger partial charge in [-0.15, -0.1) is 11.8 Å². The molecule has 0 fully saturated rings. The van der Waals surface area contributed by atoms with Crippen molar-refractivity contribution < 1.29 is 0 Å². The Morgan fingerprint density at radius 2 is 2.26 bits per heavy atom. The summed E-state index contributed by atoms with van der Waals surface area (Å²) in [5.74, 6) is 2.89. The maximum absolute atomic E-state index is 4.45. The average molecular weight is 273 g/mol. The van der Waals surface area contributed by atoms with Gasteiger partial charge in [0.2, 0.25) is 0 Å². The second-order valence-electron chi connectivity index (χ2n) is 4.98. The summed E-state index contributed by atoms with van der Waals surface area (Å²) in [6.45, 7) is 4.00. The van der Waals surface area contributed by atoms with Gasteiger partial charge in [0.05, 0.1) is 5.69 Å². The molecule has 0 saturated carbocycles. The minimum absolute atomic E-state index is 0.602. The smallest absolute Gasteiger partial charge is 0.105 e. The molecule has 0 aliphatic carbocycles. The van der Waals surface area contributed by atoms with Crippen LogP contribution in [0.3, 0.4) is 0 Å². The molecule has 0 bridgehead atoms. The van der Waals surface area contributed by atoms with Gasteiger partial charge in [0, 0.05) is 35.9 Å². The summed E-state index contributed by atoms with van der Waals surface area (Å²) in [6, 6.07) is 8.77. The van der Waals surface area contributed by atoms with Gasteiger partial charge in [-0.3, -0.25) is 0 Å². The van der Waals surface area contributed by atoms with Gasteiger partial charge in [-0.25, -0.2) is 4.98 Å². The van der Waals surface area contributed by atoms with Crippen LogP contribution < -0.4 is 5.32 Å². The van der Waals surface area contributed by atoms with Crippen molar-refractivity contribution in [2.75, 3.05) is 12.8 Å². The van der Waals surface area contributed by atoms with Gasteiger partial charge in [0.25, 0.3) is 0 Å². The van der Waals surface area contributed by atoms with Crippen molar-refractivity contribution in [2.24, 2.45) is 0 Å². The minimum Gasteiger partial charge on any atom is -0.330 e. The summed E-state index contributed by atoms with van der Waals surface area (Å²) in [7, 11) is 1.98. The highest BCUT2D eigenvalue weighted by molar-refractivity contribution is 7.99. The molecule has 1 N–H and O–H groups in total. The van der Waals surface area contributed by atoms with Crippen LogP contribution in [0.5, 0.6) is 0 Å². The summed E-state index contributed by atoms with van der Waals surface area (Å²) in [6.07, 6.45) is 1.99. The van der Waals surface area contributed by atoms with Gasteiger partial charge in [0.15, 0.2) is 0 Å². The first-order valence-electron chi connectivity index (χ1n) is 6.67. The highest BCUT2D eigenvalue weighted by Crippen LogP contribution is 2.40. The monoisotopic (exact) mass is 273 g/mol. The summed E-state index contributed by atoms with van der Waals surface area (Å²) < 4.78 is 2.35. The lowest BCUT2D eigenvalue weighted by atomic mass is 10.0. The quantitative estimate of drug-likeness (QED) is 0.929. The SMILES string of the molecule is CNCc1cnc(C)n1CC1CSc2ccccc21. The van der Waals surface area contributed by atoms with Crippen LogP contribution in [-0.4, -0.2) is 22.4 Å². The number of hydrogen-bond acceptors (Lipinski definition) is 3. The highest BCUT2D eigenvalue weighted by Gasteiger charge is 2.24. The maximum Gasteiger partial charge on any atom is 0.105 e. The van der Waals surface area contributed by atoms with Crippen molar-refractivity contribution in [1.82, 2.24) is 14.9 Å². The Kier molecular flexibility index (Phi) is 3.62. The fraction of sp³-hybridized carbons (Fsp3) is 0.400. The van der Waals surface area contributed by atoms with Crippen molar-refractivity contribution in [3.63, 3.8) is 0 Å². The first kappa shape index (κ1) is 12.8. The van der Waals surface area contributed by atoms with E-state index >= 15 is 0 Å². The molecule has 1 aliphatic rings. The first-order valence-corrected chi connectivity index (χ1v) is 7.65.